The molecule has 1 aromatic heterocycles. The van der Waals surface area contributed by atoms with Gasteiger partial charge in [-0.15, -0.1) is 0 Å². The highest BCUT2D eigenvalue weighted by Gasteiger charge is 2.22. The number of esters is 1. The van der Waals surface area contributed by atoms with Crippen LogP contribution < -0.4 is 10.2 Å². The molecule has 156 valence electrons. The van der Waals surface area contributed by atoms with Gasteiger partial charge in [-0.05, 0) is 24.6 Å². The molecule has 30 heavy (non-hydrogen) atoms. The van der Waals surface area contributed by atoms with E-state index in [4.69, 9.17) is 4.74 Å². The number of amides is 1. The molecule has 0 spiro atoms. The number of thiazole rings is 1. The zero-order valence-corrected chi connectivity index (χ0v) is 16.9. The van der Waals surface area contributed by atoms with Crippen molar-refractivity contribution in [2.75, 3.05) is 6.61 Å². The highest BCUT2D eigenvalue weighted by molar-refractivity contribution is 7.16. The standard InChI is InChI=1S/C20H19N3O6S/c1-2-29-19(25)11-15(13-6-5-7-14(10-13)23(27)28)21-18(24)12-22-16-8-3-4-9-17(16)30-20(22)26/h3-10,15H,2,11-12H2,1H3,(H,21,24). The summed E-state index contributed by atoms with van der Waals surface area (Å²) in [6.07, 6.45) is -0.194. The summed E-state index contributed by atoms with van der Waals surface area (Å²) in [4.78, 5) is 47.2. The third kappa shape index (κ3) is 4.90. The van der Waals surface area contributed by atoms with Crippen molar-refractivity contribution in [3.63, 3.8) is 0 Å². The molecule has 1 unspecified atom stereocenters. The number of ether oxygens (including phenoxy) is 1. The first-order valence-corrected chi connectivity index (χ1v) is 9.98. The van der Waals surface area contributed by atoms with Crippen LogP contribution >= 0.6 is 11.3 Å². The van der Waals surface area contributed by atoms with Gasteiger partial charge in [0, 0.05) is 12.1 Å². The Morgan fingerprint density at radius 2 is 2.00 bits per heavy atom. The topological polar surface area (TPSA) is 121 Å². The van der Waals surface area contributed by atoms with Crippen molar-refractivity contribution in [1.29, 1.82) is 0 Å². The number of carbonyl (C=O) groups excluding carboxylic acids is 2. The second-order valence-corrected chi connectivity index (χ2v) is 7.40. The van der Waals surface area contributed by atoms with Gasteiger partial charge in [-0.25, -0.2) is 0 Å². The number of fused-ring (bicyclic) bond motifs is 1. The number of hydrogen-bond acceptors (Lipinski definition) is 7. The van der Waals surface area contributed by atoms with Gasteiger partial charge in [-0.3, -0.25) is 29.1 Å². The van der Waals surface area contributed by atoms with Gasteiger partial charge in [0.25, 0.3) is 5.69 Å². The van der Waals surface area contributed by atoms with Gasteiger partial charge in [0.2, 0.25) is 5.91 Å². The lowest BCUT2D eigenvalue weighted by atomic mass is 10.0. The molecule has 1 N–H and O–H groups in total. The van der Waals surface area contributed by atoms with E-state index in [2.05, 4.69) is 5.32 Å². The predicted molar refractivity (Wildman–Crippen MR) is 111 cm³/mol. The Morgan fingerprint density at radius 3 is 2.73 bits per heavy atom. The molecule has 0 fully saturated rings. The second-order valence-electron chi connectivity index (χ2n) is 6.40. The van der Waals surface area contributed by atoms with Crippen molar-refractivity contribution in [2.45, 2.75) is 25.9 Å². The molecule has 1 atom stereocenters. The van der Waals surface area contributed by atoms with Crippen molar-refractivity contribution in [2.24, 2.45) is 0 Å². The quantitative estimate of drug-likeness (QED) is 0.334. The second kappa shape index (κ2) is 9.31. The van der Waals surface area contributed by atoms with Crippen molar-refractivity contribution in [3.8, 4) is 0 Å². The summed E-state index contributed by atoms with van der Waals surface area (Å²) in [6, 6.07) is 12.0. The molecule has 2 aromatic carbocycles. The highest BCUT2D eigenvalue weighted by atomic mass is 32.1. The zero-order valence-electron chi connectivity index (χ0n) is 16.1. The van der Waals surface area contributed by atoms with Crippen LogP contribution in [0, 0.1) is 10.1 Å². The van der Waals surface area contributed by atoms with E-state index in [1.807, 2.05) is 0 Å². The Balaban J connectivity index is 1.84. The monoisotopic (exact) mass is 429 g/mol. The first kappa shape index (κ1) is 21.2. The molecule has 0 aliphatic rings. The van der Waals surface area contributed by atoms with Gasteiger partial charge in [0.05, 0.1) is 34.2 Å². The summed E-state index contributed by atoms with van der Waals surface area (Å²) in [5.41, 5.74) is 0.878. The van der Waals surface area contributed by atoms with E-state index in [0.717, 1.165) is 16.0 Å². The minimum atomic E-state index is -0.836. The number of rotatable bonds is 8. The highest BCUT2D eigenvalue weighted by Crippen LogP contribution is 2.23. The fourth-order valence-corrected chi connectivity index (χ4v) is 3.93. The Labute approximate surface area is 175 Å². The van der Waals surface area contributed by atoms with Crippen LogP contribution in [-0.2, 0) is 20.9 Å². The smallest absolute Gasteiger partial charge is 0.308 e. The SMILES string of the molecule is CCOC(=O)CC(NC(=O)Cn1c(=O)sc2ccccc21)c1cccc([N+](=O)[O-])c1. The number of aromatic nitrogens is 1. The minimum absolute atomic E-state index is 0.157. The first-order valence-electron chi connectivity index (χ1n) is 9.16. The van der Waals surface area contributed by atoms with Crippen LogP contribution in [-0.4, -0.2) is 28.0 Å². The molecule has 0 saturated carbocycles. The van der Waals surface area contributed by atoms with Gasteiger partial charge in [0.1, 0.15) is 6.54 Å². The maximum Gasteiger partial charge on any atom is 0.308 e. The lowest BCUT2D eigenvalue weighted by Gasteiger charge is -2.18. The number of benzene rings is 2. The molecule has 3 aromatic rings. The van der Waals surface area contributed by atoms with Gasteiger partial charge in [-0.2, -0.15) is 0 Å². The van der Waals surface area contributed by atoms with E-state index in [9.17, 15) is 24.5 Å². The van der Waals surface area contributed by atoms with Crippen LogP contribution in [0.25, 0.3) is 10.2 Å². The molecule has 0 saturated heterocycles. The molecular formula is C20H19N3O6S. The molecule has 0 aliphatic carbocycles. The summed E-state index contributed by atoms with van der Waals surface area (Å²) in [5.74, 6) is -1.05. The lowest BCUT2D eigenvalue weighted by Crippen LogP contribution is -2.34. The van der Waals surface area contributed by atoms with Crippen molar-refractivity contribution in [1.82, 2.24) is 9.88 Å². The van der Waals surface area contributed by atoms with E-state index in [-0.39, 0.29) is 30.1 Å². The lowest BCUT2D eigenvalue weighted by molar-refractivity contribution is -0.384. The van der Waals surface area contributed by atoms with Crippen molar-refractivity contribution >= 4 is 39.1 Å². The summed E-state index contributed by atoms with van der Waals surface area (Å²) >= 11 is 1.04. The number of nitrogens with one attached hydrogen (secondary N) is 1. The molecule has 0 aliphatic heterocycles. The molecule has 10 heteroatoms. The Morgan fingerprint density at radius 1 is 1.23 bits per heavy atom. The number of para-hydroxylation sites is 1. The predicted octanol–water partition coefficient (Wildman–Crippen LogP) is 2.78. The Kier molecular flexibility index (Phi) is 6.58. The van der Waals surface area contributed by atoms with Crippen molar-refractivity contribution in [3.05, 3.63) is 73.9 Å². The van der Waals surface area contributed by atoms with Crippen LogP contribution in [0.2, 0.25) is 0 Å². The minimum Gasteiger partial charge on any atom is -0.466 e. The maximum atomic E-state index is 12.7. The first-order chi connectivity index (χ1) is 14.4. The third-order valence-electron chi connectivity index (χ3n) is 4.37. The van der Waals surface area contributed by atoms with Crippen LogP contribution in [0.4, 0.5) is 5.69 Å². The number of nitrogens with zero attached hydrogens (tertiary/aromatic N) is 2. The number of non-ortho nitro benzene ring substituents is 1. The van der Waals surface area contributed by atoms with Gasteiger partial charge >= 0.3 is 10.8 Å². The number of nitro benzene ring substituents is 1. The van der Waals surface area contributed by atoms with Crippen LogP contribution in [0.5, 0.6) is 0 Å². The van der Waals surface area contributed by atoms with E-state index >= 15 is 0 Å². The molecule has 1 heterocycles. The average molecular weight is 429 g/mol. The zero-order chi connectivity index (χ0) is 21.7. The maximum absolute atomic E-state index is 12.7. The molecular weight excluding hydrogens is 410 g/mol. The largest absolute Gasteiger partial charge is 0.466 e. The normalized spacial score (nSPS) is 11.8. The van der Waals surface area contributed by atoms with Gasteiger partial charge < -0.3 is 10.1 Å². The average Bonchev–Trinajstić information content (AvgIpc) is 3.03. The van der Waals surface area contributed by atoms with Crippen molar-refractivity contribution < 1.29 is 19.2 Å². The molecule has 0 radical (unpaired) electrons. The van der Waals surface area contributed by atoms with Gasteiger partial charge in [-0.1, -0.05) is 35.6 Å². The number of carbonyl (C=O) groups is 2. The summed E-state index contributed by atoms with van der Waals surface area (Å²) in [7, 11) is 0. The molecule has 0 bridgehead atoms. The van der Waals surface area contributed by atoms with E-state index < -0.39 is 22.8 Å². The summed E-state index contributed by atoms with van der Waals surface area (Å²) in [5, 5.41) is 13.8. The van der Waals surface area contributed by atoms with E-state index in [0.29, 0.717) is 11.1 Å². The Hall–Kier alpha value is -3.53. The molecule has 1 amide bonds. The summed E-state index contributed by atoms with van der Waals surface area (Å²) < 4.78 is 7.07. The molecule has 3 rings (SSSR count). The fraction of sp³-hybridized carbons (Fsp3) is 0.250. The Bertz CT molecular complexity index is 1150. The van der Waals surface area contributed by atoms with Crippen LogP contribution in [0.1, 0.15) is 24.9 Å². The summed E-state index contributed by atoms with van der Waals surface area (Å²) in [6.45, 7) is 1.59. The van der Waals surface area contributed by atoms with Gasteiger partial charge in [0.15, 0.2) is 0 Å². The van der Waals surface area contributed by atoms with E-state index in [1.54, 1.807) is 37.3 Å². The third-order valence-corrected chi connectivity index (χ3v) is 5.33. The molecule has 9 nitrogen and oxygen atoms in total. The fourth-order valence-electron chi connectivity index (χ4n) is 3.04. The number of hydrogen-bond donors (Lipinski definition) is 1. The number of nitro groups is 1. The van der Waals surface area contributed by atoms with E-state index in [1.165, 1.54) is 22.8 Å². The van der Waals surface area contributed by atoms with Crippen LogP contribution in [0.3, 0.4) is 0 Å². The van der Waals surface area contributed by atoms with Crippen LogP contribution in [0.15, 0.2) is 53.3 Å².